The number of hydrogen-bond donors (Lipinski definition) is 1. The molecule has 0 atom stereocenters. The van der Waals surface area contributed by atoms with Crippen molar-refractivity contribution < 1.29 is 0 Å². The number of rotatable bonds is 3. The average molecular weight is 341 g/mol. The minimum atomic E-state index is 0. The maximum atomic E-state index is 6.71. The third-order valence-corrected chi connectivity index (χ3v) is 2.66. The number of aliphatic imine (C=N–C) groups is 1. The number of nitrogens with zero attached hydrogens (tertiary/aromatic N) is 3. The second kappa shape index (κ2) is 17.4. The fourth-order valence-electron chi connectivity index (χ4n) is 1.51. The van der Waals surface area contributed by atoms with Crippen LogP contribution in [0.1, 0.15) is 40.8 Å². The zero-order valence-electron chi connectivity index (χ0n) is 11.7. The molecule has 0 aliphatic rings. The molecule has 25 heavy (non-hydrogen) atoms. The van der Waals surface area contributed by atoms with Gasteiger partial charge in [0.05, 0.1) is 19.7 Å². The second-order valence-electron chi connectivity index (χ2n) is 4.14. The molecule has 2 N–H and O–H groups in total. The first kappa shape index (κ1) is 30.0. The summed E-state index contributed by atoms with van der Waals surface area (Å²) in [7, 11) is 0. The molecule has 136 valence electrons. The fourth-order valence-corrected chi connectivity index (χ4v) is 1.51. The molecule has 0 aliphatic heterocycles. The van der Waals surface area contributed by atoms with Gasteiger partial charge in [-0.15, -0.1) is 0 Å². The van der Waals surface area contributed by atoms with Crippen LogP contribution >= 0.6 is 0 Å². The Morgan fingerprint density at radius 2 is 1.12 bits per heavy atom. The highest BCUT2D eigenvalue weighted by molar-refractivity contribution is 5.46. The molecule has 4 heteroatoms. The lowest BCUT2D eigenvalue weighted by molar-refractivity contribution is 1.07. The van der Waals surface area contributed by atoms with E-state index < -0.39 is 0 Å². The topological polar surface area (TPSA) is 47.1 Å². The predicted molar refractivity (Wildman–Crippen MR) is 113 cm³/mol. The van der Waals surface area contributed by atoms with Crippen LogP contribution in [-0.4, -0.2) is 6.72 Å². The van der Waals surface area contributed by atoms with Crippen molar-refractivity contribution in [2.24, 2.45) is 10.7 Å². The molecule has 0 unspecified atom stereocenters. The largest absolute Gasteiger partial charge is 0.326 e. The van der Waals surface area contributed by atoms with E-state index in [0.29, 0.717) is 24.5 Å². The molecule has 4 nitrogen and oxygen atoms in total. The van der Waals surface area contributed by atoms with Gasteiger partial charge in [-0.2, -0.15) is 0 Å². The quantitative estimate of drug-likeness (QED) is 0.491. The van der Waals surface area contributed by atoms with Gasteiger partial charge in [0, 0.05) is 6.54 Å². The van der Waals surface area contributed by atoms with E-state index in [4.69, 9.17) is 18.9 Å². The molecule has 0 fully saturated rings. The monoisotopic (exact) mass is 340 g/mol. The standard InChI is InChI=1S/C9H8N2.C8H8N2.4CH4/c1-10-7-8-3-5-9(11-2)6-4-8;1-10-8-4-2-7(6-9)3-5-8;;;;/h3-6H,1,7H2;2-5H,6,9H2;4*1H4. The Bertz CT molecular complexity index is 644. The van der Waals surface area contributed by atoms with E-state index >= 15 is 0 Å². The van der Waals surface area contributed by atoms with E-state index in [-0.39, 0.29) is 29.7 Å². The van der Waals surface area contributed by atoms with Gasteiger partial charge in [-0.25, -0.2) is 9.69 Å². The summed E-state index contributed by atoms with van der Waals surface area (Å²) in [4.78, 5) is 10.3. The lowest BCUT2D eigenvalue weighted by Gasteiger charge is -1.94. The zero-order chi connectivity index (χ0) is 15.5. The Kier molecular flexibility index (Phi) is 20.9. The first-order chi connectivity index (χ1) is 10.2. The molecule has 0 radical (unpaired) electrons. The third-order valence-electron chi connectivity index (χ3n) is 2.66. The molecule has 0 aliphatic carbocycles. The molecule has 0 bridgehead atoms. The van der Waals surface area contributed by atoms with Gasteiger partial charge in [-0.05, 0) is 17.8 Å². The minimum Gasteiger partial charge on any atom is -0.326 e. The van der Waals surface area contributed by atoms with Crippen molar-refractivity contribution in [2.45, 2.75) is 42.8 Å². The van der Waals surface area contributed by atoms with Crippen molar-refractivity contribution >= 4 is 18.1 Å². The van der Waals surface area contributed by atoms with Crippen LogP contribution < -0.4 is 5.73 Å². The van der Waals surface area contributed by atoms with Crippen LogP contribution in [0, 0.1) is 13.1 Å². The first-order valence-electron chi connectivity index (χ1n) is 6.28. The Morgan fingerprint density at radius 3 is 1.40 bits per heavy atom. The van der Waals surface area contributed by atoms with Gasteiger partial charge in [0.15, 0.2) is 11.4 Å². The van der Waals surface area contributed by atoms with Crippen LogP contribution in [0.2, 0.25) is 0 Å². The molecule has 0 saturated heterocycles. The van der Waals surface area contributed by atoms with Crippen molar-refractivity contribution in [3.8, 4) is 0 Å². The van der Waals surface area contributed by atoms with E-state index in [1.165, 1.54) is 0 Å². The zero-order valence-corrected chi connectivity index (χ0v) is 11.7. The van der Waals surface area contributed by atoms with Gasteiger partial charge in [-0.3, -0.25) is 4.99 Å². The lowest BCUT2D eigenvalue weighted by Crippen LogP contribution is -1.94. The Hall–Kier alpha value is -2.95. The maximum absolute atomic E-state index is 6.71. The van der Waals surface area contributed by atoms with Crippen LogP contribution in [0.5, 0.6) is 0 Å². The molecule has 0 heterocycles. The van der Waals surface area contributed by atoms with Crippen LogP contribution in [-0.2, 0) is 13.1 Å². The van der Waals surface area contributed by atoms with E-state index in [0.717, 1.165) is 11.1 Å². The summed E-state index contributed by atoms with van der Waals surface area (Å²) in [5, 5.41) is 0. The first-order valence-corrected chi connectivity index (χ1v) is 6.28. The summed E-state index contributed by atoms with van der Waals surface area (Å²) >= 11 is 0. The van der Waals surface area contributed by atoms with E-state index in [9.17, 15) is 0 Å². The number of nitrogens with two attached hydrogens (primary N) is 1. The van der Waals surface area contributed by atoms with Crippen molar-refractivity contribution in [3.05, 3.63) is 82.5 Å². The summed E-state index contributed by atoms with van der Waals surface area (Å²) in [5.74, 6) is 0. The molecule has 0 aromatic heterocycles. The minimum absolute atomic E-state index is 0. The average Bonchev–Trinajstić information content (AvgIpc) is 2.56. The van der Waals surface area contributed by atoms with Crippen molar-refractivity contribution in [1.82, 2.24) is 0 Å². The molecule has 0 spiro atoms. The maximum Gasteiger partial charge on any atom is 0.187 e. The summed E-state index contributed by atoms with van der Waals surface area (Å²) in [5.41, 5.74) is 8.85. The lowest BCUT2D eigenvalue weighted by atomic mass is 10.2. The molecule has 0 saturated carbocycles. The van der Waals surface area contributed by atoms with Crippen molar-refractivity contribution in [3.63, 3.8) is 0 Å². The van der Waals surface area contributed by atoms with Gasteiger partial charge in [0.25, 0.3) is 0 Å². The smallest absolute Gasteiger partial charge is 0.187 e. The molecular weight excluding hydrogens is 308 g/mol. The highest BCUT2D eigenvalue weighted by atomic mass is 14.7. The Morgan fingerprint density at radius 1 is 0.760 bits per heavy atom. The third kappa shape index (κ3) is 11.3. The SMILES string of the molecule is C.C.C.C.[C-]#[N+]c1ccc(CN)cc1.[C-]#[N+]c1ccc(CN=C)cc1. The predicted octanol–water partition coefficient (Wildman–Crippen LogP) is 6.68. The van der Waals surface area contributed by atoms with E-state index in [1.807, 2.05) is 24.3 Å². The van der Waals surface area contributed by atoms with Crippen LogP contribution in [0.15, 0.2) is 53.5 Å². The van der Waals surface area contributed by atoms with Crippen LogP contribution in [0.3, 0.4) is 0 Å². The van der Waals surface area contributed by atoms with Gasteiger partial charge < -0.3 is 5.73 Å². The van der Waals surface area contributed by atoms with Crippen LogP contribution in [0.25, 0.3) is 9.69 Å². The summed E-state index contributed by atoms with van der Waals surface area (Å²) in [6.45, 7) is 17.9. The van der Waals surface area contributed by atoms with Crippen molar-refractivity contribution in [2.75, 3.05) is 0 Å². The van der Waals surface area contributed by atoms with Crippen LogP contribution in [0.4, 0.5) is 11.4 Å². The highest BCUT2D eigenvalue weighted by Gasteiger charge is 1.90. The highest BCUT2D eigenvalue weighted by Crippen LogP contribution is 2.13. The van der Waals surface area contributed by atoms with Gasteiger partial charge >= 0.3 is 0 Å². The van der Waals surface area contributed by atoms with Gasteiger partial charge in [-0.1, -0.05) is 78.2 Å². The molecule has 2 aromatic rings. The van der Waals surface area contributed by atoms with Crippen molar-refractivity contribution in [1.29, 1.82) is 0 Å². The Labute approximate surface area is 154 Å². The molecular formula is C21H32N4. The van der Waals surface area contributed by atoms with E-state index in [2.05, 4.69) is 21.4 Å². The number of hydrogen-bond acceptors (Lipinski definition) is 2. The molecule has 0 amide bonds. The van der Waals surface area contributed by atoms with Gasteiger partial charge in [0.2, 0.25) is 0 Å². The number of benzene rings is 2. The molecule has 2 aromatic carbocycles. The normalized spacial score (nSPS) is 7.32. The summed E-state index contributed by atoms with van der Waals surface area (Å²) in [6.07, 6.45) is 0. The summed E-state index contributed by atoms with van der Waals surface area (Å²) < 4.78 is 0. The van der Waals surface area contributed by atoms with Gasteiger partial charge in [0.1, 0.15) is 0 Å². The Balaban J connectivity index is -0.000000152. The van der Waals surface area contributed by atoms with E-state index in [1.54, 1.807) is 24.3 Å². The second-order valence-corrected chi connectivity index (χ2v) is 4.14. The molecule has 2 rings (SSSR count). The fraction of sp³-hybridized carbons (Fsp3) is 0.286. The summed E-state index contributed by atoms with van der Waals surface area (Å²) in [6, 6.07) is 14.6.